The number of aromatic amines is 1. The van der Waals surface area contributed by atoms with Crippen LogP contribution in [0.2, 0.25) is 0 Å². The predicted molar refractivity (Wildman–Crippen MR) is 94.6 cm³/mol. The zero-order chi connectivity index (χ0) is 16.4. The van der Waals surface area contributed by atoms with Gasteiger partial charge in [0.2, 0.25) is 0 Å². The van der Waals surface area contributed by atoms with E-state index in [0.717, 1.165) is 40.1 Å². The summed E-state index contributed by atoms with van der Waals surface area (Å²) < 4.78 is 1.93. The molecule has 0 aliphatic rings. The van der Waals surface area contributed by atoms with Crippen molar-refractivity contribution in [1.82, 2.24) is 24.7 Å². The summed E-state index contributed by atoms with van der Waals surface area (Å²) in [4.78, 5) is 12.0. The predicted octanol–water partition coefficient (Wildman–Crippen LogP) is 3.45. The maximum Gasteiger partial charge on any atom is 0.140 e. The molecule has 6 nitrogen and oxygen atoms in total. The van der Waals surface area contributed by atoms with E-state index in [1.54, 1.807) is 6.20 Å². The van der Waals surface area contributed by atoms with Crippen molar-refractivity contribution >= 4 is 16.9 Å². The molecule has 0 aliphatic carbocycles. The minimum atomic E-state index is 0.681. The van der Waals surface area contributed by atoms with E-state index in [9.17, 15) is 0 Å². The normalized spacial score (nSPS) is 11.0. The van der Waals surface area contributed by atoms with Crippen LogP contribution in [0.25, 0.3) is 22.2 Å². The Bertz CT molecular complexity index is 954. The fourth-order valence-corrected chi connectivity index (χ4v) is 2.74. The van der Waals surface area contributed by atoms with Gasteiger partial charge in [0, 0.05) is 48.8 Å². The summed E-state index contributed by atoms with van der Waals surface area (Å²) in [5.41, 5.74) is 4.19. The van der Waals surface area contributed by atoms with E-state index in [1.165, 1.54) is 0 Å². The van der Waals surface area contributed by atoms with E-state index in [4.69, 9.17) is 0 Å². The van der Waals surface area contributed by atoms with Crippen molar-refractivity contribution in [2.45, 2.75) is 20.0 Å². The lowest BCUT2D eigenvalue weighted by atomic mass is 10.1. The Labute approximate surface area is 139 Å². The SMILES string of the molecule is CCn1cc(-c2cc(NCc3cccnc3)nc3[nH]ccc23)cn1. The maximum absolute atomic E-state index is 4.65. The lowest BCUT2D eigenvalue weighted by Gasteiger charge is -2.08. The molecule has 2 N–H and O–H groups in total. The summed E-state index contributed by atoms with van der Waals surface area (Å²) in [6.45, 7) is 3.62. The third-order valence-corrected chi connectivity index (χ3v) is 3.99. The zero-order valence-corrected chi connectivity index (χ0v) is 13.4. The quantitative estimate of drug-likeness (QED) is 0.591. The molecule has 0 unspecified atom stereocenters. The van der Waals surface area contributed by atoms with Gasteiger partial charge in [0.1, 0.15) is 11.5 Å². The molecule has 4 rings (SSSR count). The Morgan fingerprint density at radius 2 is 2.21 bits per heavy atom. The molecular weight excluding hydrogens is 300 g/mol. The molecule has 0 aliphatic heterocycles. The van der Waals surface area contributed by atoms with Crippen LogP contribution < -0.4 is 5.32 Å². The molecule has 0 saturated carbocycles. The smallest absolute Gasteiger partial charge is 0.140 e. The molecule has 0 radical (unpaired) electrons. The lowest BCUT2D eigenvalue weighted by molar-refractivity contribution is 0.660. The van der Waals surface area contributed by atoms with E-state index < -0.39 is 0 Å². The third-order valence-electron chi connectivity index (χ3n) is 3.99. The number of aromatic nitrogens is 5. The minimum absolute atomic E-state index is 0.681. The highest BCUT2D eigenvalue weighted by Crippen LogP contribution is 2.29. The topological polar surface area (TPSA) is 71.4 Å². The molecule has 0 saturated heterocycles. The van der Waals surface area contributed by atoms with E-state index in [0.29, 0.717) is 6.54 Å². The van der Waals surface area contributed by atoms with Crippen LogP contribution >= 0.6 is 0 Å². The van der Waals surface area contributed by atoms with Gasteiger partial charge in [-0.25, -0.2) is 4.98 Å². The molecule has 4 heterocycles. The first-order valence-electron chi connectivity index (χ1n) is 7.97. The van der Waals surface area contributed by atoms with Crippen molar-refractivity contribution in [2.24, 2.45) is 0 Å². The Morgan fingerprint density at radius 3 is 3.00 bits per heavy atom. The highest BCUT2D eigenvalue weighted by Gasteiger charge is 2.10. The fourth-order valence-electron chi connectivity index (χ4n) is 2.74. The molecule has 0 spiro atoms. The maximum atomic E-state index is 4.65. The van der Waals surface area contributed by atoms with Crippen LogP contribution in [0.5, 0.6) is 0 Å². The monoisotopic (exact) mass is 318 g/mol. The van der Waals surface area contributed by atoms with Crippen LogP contribution in [0.15, 0.2) is 55.2 Å². The van der Waals surface area contributed by atoms with Gasteiger partial charge in [0.25, 0.3) is 0 Å². The Hall–Kier alpha value is -3.15. The van der Waals surface area contributed by atoms with Gasteiger partial charge in [-0.15, -0.1) is 0 Å². The molecule has 0 bridgehead atoms. The summed E-state index contributed by atoms with van der Waals surface area (Å²) >= 11 is 0. The van der Waals surface area contributed by atoms with E-state index in [-0.39, 0.29) is 0 Å². The van der Waals surface area contributed by atoms with Crippen LogP contribution in [0, 0.1) is 0 Å². The first kappa shape index (κ1) is 14.4. The Balaban J connectivity index is 1.69. The molecule has 0 amide bonds. The van der Waals surface area contributed by atoms with Crippen LogP contribution in [-0.2, 0) is 13.1 Å². The van der Waals surface area contributed by atoms with Crippen molar-refractivity contribution in [1.29, 1.82) is 0 Å². The molecule has 0 fully saturated rings. The van der Waals surface area contributed by atoms with Crippen molar-refractivity contribution in [3.8, 4) is 11.1 Å². The average molecular weight is 318 g/mol. The number of aryl methyl sites for hydroxylation is 1. The van der Waals surface area contributed by atoms with Gasteiger partial charge in [0.15, 0.2) is 0 Å². The Kier molecular flexibility index (Phi) is 3.70. The number of hydrogen-bond acceptors (Lipinski definition) is 4. The van der Waals surface area contributed by atoms with Gasteiger partial charge in [-0.2, -0.15) is 5.10 Å². The molecule has 4 aromatic heterocycles. The molecular formula is C18H18N6. The summed E-state index contributed by atoms with van der Waals surface area (Å²) in [5.74, 6) is 0.827. The van der Waals surface area contributed by atoms with Gasteiger partial charge < -0.3 is 10.3 Å². The average Bonchev–Trinajstić information content (AvgIpc) is 3.29. The summed E-state index contributed by atoms with van der Waals surface area (Å²) in [6.07, 6.45) is 9.50. The van der Waals surface area contributed by atoms with E-state index in [2.05, 4.69) is 44.6 Å². The van der Waals surface area contributed by atoms with Crippen LogP contribution in [0.3, 0.4) is 0 Å². The number of nitrogens with one attached hydrogen (secondary N) is 2. The Morgan fingerprint density at radius 1 is 1.25 bits per heavy atom. The summed E-state index contributed by atoms with van der Waals surface area (Å²) in [6, 6.07) is 8.10. The molecule has 120 valence electrons. The number of fused-ring (bicyclic) bond motifs is 1. The van der Waals surface area contributed by atoms with Crippen LogP contribution in [0.4, 0.5) is 5.82 Å². The summed E-state index contributed by atoms with van der Waals surface area (Å²) in [5, 5.41) is 8.85. The number of pyridine rings is 2. The summed E-state index contributed by atoms with van der Waals surface area (Å²) in [7, 11) is 0. The van der Waals surface area contributed by atoms with Gasteiger partial charge in [0.05, 0.1) is 6.20 Å². The van der Waals surface area contributed by atoms with Crippen molar-refractivity contribution < 1.29 is 0 Å². The first-order valence-corrected chi connectivity index (χ1v) is 7.97. The number of hydrogen-bond donors (Lipinski definition) is 2. The number of rotatable bonds is 5. The van der Waals surface area contributed by atoms with Crippen LogP contribution in [0.1, 0.15) is 12.5 Å². The van der Waals surface area contributed by atoms with Gasteiger partial charge in [-0.3, -0.25) is 9.67 Å². The lowest BCUT2D eigenvalue weighted by Crippen LogP contribution is -2.02. The van der Waals surface area contributed by atoms with Crippen molar-refractivity contribution in [3.63, 3.8) is 0 Å². The zero-order valence-electron chi connectivity index (χ0n) is 13.4. The van der Waals surface area contributed by atoms with Gasteiger partial charge in [-0.05, 0) is 36.2 Å². The molecule has 6 heteroatoms. The standard InChI is InChI=1S/C18H18N6/c1-2-24-12-14(11-22-24)16-8-17(23-18-15(16)5-7-20-18)21-10-13-4-3-6-19-9-13/h3-9,11-12H,2,10H2,1H3,(H2,20,21,23). The van der Waals surface area contributed by atoms with Crippen molar-refractivity contribution in [2.75, 3.05) is 5.32 Å². The molecule has 24 heavy (non-hydrogen) atoms. The van der Waals surface area contributed by atoms with Crippen molar-refractivity contribution in [3.05, 3.63) is 60.8 Å². The molecule has 0 atom stereocenters. The minimum Gasteiger partial charge on any atom is -0.366 e. The van der Waals surface area contributed by atoms with E-state index >= 15 is 0 Å². The number of anilines is 1. The second kappa shape index (κ2) is 6.16. The van der Waals surface area contributed by atoms with Gasteiger partial charge in [-0.1, -0.05) is 6.07 Å². The van der Waals surface area contributed by atoms with E-state index in [1.807, 2.05) is 41.5 Å². The fraction of sp³-hybridized carbons (Fsp3) is 0.167. The second-order valence-corrected chi connectivity index (χ2v) is 5.59. The highest BCUT2D eigenvalue weighted by atomic mass is 15.3. The first-order chi connectivity index (χ1) is 11.8. The largest absolute Gasteiger partial charge is 0.366 e. The van der Waals surface area contributed by atoms with Gasteiger partial charge >= 0.3 is 0 Å². The second-order valence-electron chi connectivity index (χ2n) is 5.59. The highest BCUT2D eigenvalue weighted by molar-refractivity contribution is 5.94. The third kappa shape index (κ3) is 2.74. The number of H-pyrrole nitrogens is 1. The molecule has 0 aromatic carbocycles. The molecule has 4 aromatic rings. The van der Waals surface area contributed by atoms with Crippen LogP contribution in [-0.4, -0.2) is 24.7 Å². The number of nitrogens with zero attached hydrogens (tertiary/aromatic N) is 4.